The number of hydrogen-bond donors (Lipinski definition) is 3. The number of aliphatic hydroxyl groups excluding tert-OH is 2. The van der Waals surface area contributed by atoms with Crippen molar-refractivity contribution in [2.45, 2.75) is 25.1 Å². The van der Waals surface area contributed by atoms with Gasteiger partial charge >= 0.3 is 0 Å². The highest BCUT2D eigenvalue weighted by Crippen LogP contribution is 2.22. The Morgan fingerprint density at radius 3 is 2.78 bits per heavy atom. The van der Waals surface area contributed by atoms with Crippen LogP contribution in [0.5, 0.6) is 5.75 Å². The zero-order valence-corrected chi connectivity index (χ0v) is 15.1. The Balaban J connectivity index is 1.55. The number of nitrogens with zero attached hydrogens (tertiary/aromatic N) is 2. The first-order valence-corrected chi connectivity index (χ1v) is 9.10. The lowest BCUT2D eigenvalue weighted by Gasteiger charge is -2.36. The minimum Gasteiger partial charge on any atom is -0.491 e. The van der Waals surface area contributed by atoms with Gasteiger partial charge in [0.25, 0.3) is 5.91 Å². The van der Waals surface area contributed by atoms with Crippen molar-refractivity contribution in [3.63, 3.8) is 0 Å². The largest absolute Gasteiger partial charge is 0.491 e. The molecular formula is C20H25N3O4. The van der Waals surface area contributed by atoms with Crippen LogP contribution in [0, 0.1) is 0 Å². The van der Waals surface area contributed by atoms with Crippen molar-refractivity contribution >= 4 is 5.91 Å². The predicted molar refractivity (Wildman–Crippen MR) is 100 cm³/mol. The van der Waals surface area contributed by atoms with Gasteiger partial charge in [-0.1, -0.05) is 18.2 Å². The van der Waals surface area contributed by atoms with Crippen molar-refractivity contribution in [2.24, 2.45) is 0 Å². The van der Waals surface area contributed by atoms with Crippen LogP contribution in [0.3, 0.4) is 0 Å². The van der Waals surface area contributed by atoms with E-state index in [1.807, 2.05) is 24.3 Å². The van der Waals surface area contributed by atoms with Gasteiger partial charge in [0.15, 0.2) is 0 Å². The van der Waals surface area contributed by atoms with E-state index in [0.717, 1.165) is 17.9 Å². The lowest BCUT2D eigenvalue weighted by Crippen LogP contribution is -2.53. The van der Waals surface area contributed by atoms with E-state index in [4.69, 9.17) is 9.84 Å². The number of rotatable bonds is 7. The van der Waals surface area contributed by atoms with Gasteiger partial charge in [0.05, 0.1) is 18.8 Å². The summed E-state index contributed by atoms with van der Waals surface area (Å²) in [6, 6.07) is 10.7. The summed E-state index contributed by atoms with van der Waals surface area (Å²) >= 11 is 0. The summed E-state index contributed by atoms with van der Waals surface area (Å²) in [5, 5.41) is 22.4. The number of likely N-dealkylation sites (tertiary alicyclic amines) is 1. The molecule has 0 unspecified atom stereocenters. The van der Waals surface area contributed by atoms with Gasteiger partial charge in [-0.15, -0.1) is 0 Å². The topological polar surface area (TPSA) is 94.9 Å². The van der Waals surface area contributed by atoms with Crippen LogP contribution in [0.4, 0.5) is 0 Å². The average Bonchev–Trinajstić information content (AvgIpc) is 2.70. The third-order valence-electron chi connectivity index (χ3n) is 4.64. The molecule has 0 radical (unpaired) electrons. The Hall–Kier alpha value is -2.48. The van der Waals surface area contributed by atoms with Gasteiger partial charge in [0.1, 0.15) is 12.4 Å². The van der Waals surface area contributed by atoms with Crippen LogP contribution in [0.1, 0.15) is 22.3 Å². The highest BCUT2D eigenvalue weighted by atomic mass is 16.5. The molecule has 2 atom stereocenters. The number of carbonyl (C=O) groups excluding carboxylic acids is 1. The van der Waals surface area contributed by atoms with Gasteiger partial charge in [0.2, 0.25) is 0 Å². The second-order valence-electron chi connectivity index (χ2n) is 6.59. The molecule has 1 amide bonds. The minimum absolute atomic E-state index is 0.0321. The van der Waals surface area contributed by atoms with Gasteiger partial charge in [-0.2, -0.15) is 0 Å². The first kappa shape index (κ1) is 19.3. The summed E-state index contributed by atoms with van der Waals surface area (Å²) in [5.74, 6) is 0.548. The molecule has 0 aliphatic carbocycles. The van der Waals surface area contributed by atoms with E-state index in [-0.39, 0.29) is 25.2 Å². The Labute approximate surface area is 158 Å². The van der Waals surface area contributed by atoms with E-state index in [1.165, 1.54) is 0 Å². The third kappa shape index (κ3) is 5.26. The van der Waals surface area contributed by atoms with E-state index in [1.54, 1.807) is 24.5 Å². The number of carbonyl (C=O) groups is 1. The number of benzene rings is 1. The van der Waals surface area contributed by atoms with E-state index in [9.17, 15) is 9.90 Å². The lowest BCUT2D eigenvalue weighted by molar-refractivity contribution is 0.0346. The molecule has 7 nitrogen and oxygen atoms in total. The normalized spacial score (nSPS) is 20.2. The van der Waals surface area contributed by atoms with Gasteiger partial charge in [-0.25, -0.2) is 0 Å². The van der Waals surface area contributed by atoms with Crippen LogP contribution in [0.15, 0.2) is 48.8 Å². The number of ether oxygens (including phenoxy) is 1. The maximum Gasteiger partial charge on any atom is 0.251 e. The highest BCUT2D eigenvalue weighted by Gasteiger charge is 2.29. The van der Waals surface area contributed by atoms with Crippen LogP contribution >= 0.6 is 0 Å². The van der Waals surface area contributed by atoms with Crippen molar-refractivity contribution < 1.29 is 19.7 Å². The summed E-state index contributed by atoms with van der Waals surface area (Å²) in [4.78, 5) is 18.3. The lowest BCUT2D eigenvalue weighted by atomic mass is 10.0. The number of hydrogen-bond acceptors (Lipinski definition) is 6. The molecule has 1 aliphatic heterocycles. The molecule has 3 rings (SSSR count). The van der Waals surface area contributed by atoms with Gasteiger partial charge in [-0.05, 0) is 24.6 Å². The summed E-state index contributed by atoms with van der Waals surface area (Å²) in [6.07, 6.45) is 3.17. The average molecular weight is 371 g/mol. The van der Waals surface area contributed by atoms with E-state index in [2.05, 4.69) is 15.2 Å². The molecule has 2 aromatic rings. The van der Waals surface area contributed by atoms with Gasteiger partial charge in [-0.3, -0.25) is 14.7 Å². The zero-order valence-electron chi connectivity index (χ0n) is 15.1. The Morgan fingerprint density at radius 1 is 1.26 bits per heavy atom. The highest BCUT2D eigenvalue weighted by molar-refractivity contribution is 5.94. The molecule has 1 aromatic heterocycles. The molecule has 0 bridgehead atoms. The third-order valence-corrected chi connectivity index (χ3v) is 4.64. The minimum atomic E-state index is -0.643. The maximum atomic E-state index is 12.3. The van der Waals surface area contributed by atoms with Crippen LogP contribution in [0.2, 0.25) is 0 Å². The van der Waals surface area contributed by atoms with Crippen molar-refractivity contribution in [2.75, 3.05) is 26.3 Å². The maximum absolute atomic E-state index is 12.3. The SMILES string of the molecule is O=C(N[C@@H]1CCN(Cc2ccccc2OCCO)C[C@H]1O)c1ccncc1. The monoisotopic (exact) mass is 371 g/mol. The van der Waals surface area contributed by atoms with Crippen molar-refractivity contribution in [3.05, 3.63) is 59.9 Å². The fourth-order valence-corrected chi connectivity index (χ4v) is 3.24. The molecule has 1 aliphatic rings. The molecule has 27 heavy (non-hydrogen) atoms. The molecule has 7 heteroatoms. The van der Waals surface area contributed by atoms with Crippen molar-refractivity contribution in [3.8, 4) is 5.75 Å². The number of nitrogens with one attached hydrogen (secondary N) is 1. The second kappa shape index (κ2) is 9.45. The Morgan fingerprint density at radius 2 is 2.04 bits per heavy atom. The number of aliphatic hydroxyl groups is 2. The fourth-order valence-electron chi connectivity index (χ4n) is 3.24. The fraction of sp³-hybridized carbons (Fsp3) is 0.400. The number of para-hydroxylation sites is 1. The van der Waals surface area contributed by atoms with Crippen LogP contribution in [-0.2, 0) is 6.54 Å². The van der Waals surface area contributed by atoms with Crippen LogP contribution < -0.4 is 10.1 Å². The summed E-state index contributed by atoms with van der Waals surface area (Å²) in [6.45, 7) is 2.09. The molecule has 2 heterocycles. The number of β-amino-alcohol motifs (C(OH)–C–C–N with tert-alkyl or cyclic N) is 1. The standard InChI is InChI=1S/C20H25N3O4/c24-11-12-27-19-4-2-1-3-16(19)13-23-10-7-17(18(25)14-23)22-20(26)15-5-8-21-9-6-15/h1-6,8-9,17-18,24-25H,7,10-14H2,(H,22,26)/t17-,18-/m1/s1. The van der Waals surface area contributed by atoms with E-state index >= 15 is 0 Å². The summed E-state index contributed by atoms with van der Waals surface area (Å²) < 4.78 is 5.58. The number of piperidine rings is 1. The first-order valence-electron chi connectivity index (χ1n) is 9.10. The molecule has 1 fully saturated rings. The molecule has 0 spiro atoms. The van der Waals surface area contributed by atoms with Crippen LogP contribution in [-0.4, -0.2) is 64.5 Å². The molecule has 0 saturated carbocycles. The predicted octanol–water partition coefficient (Wildman–Crippen LogP) is 0.818. The van der Waals surface area contributed by atoms with E-state index < -0.39 is 6.10 Å². The number of amides is 1. The Bertz CT molecular complexity index is 741. The summed E-state index contributed by atoms with van der Waals surface area (Å²) in [5.41, 5.74) is 1.55. The molecule has 3 N–H and O–H groups in total. The van der Waals surface area contributed by atoms with Crippen molar-refractivity contribution in [1.29, 1.82) is 0 Å². The number of pyridine rings is 1. The van der Waals surface area contributed by atoms with E-state index in [0.29, 0.717) is 25.1 Å². The van der Waals surface area contributed by atoms with Crippen molar-refractivity contribution in [1.82, 2.24) is 15.2 Å². The quantitative estimate of drug-likeness (QED) is 0.667. The smallest absolute Gasteiger partial charge is 0.251 e. The molecular weight excluding hydrogens is 346 g/mol. The summed E-state index contributed by atoms with van der Waals surface area (Å²) in [7, 11) is 0. The zero-order chi connectivity index (χ0) is 19.1. The second-order valence-corrected chi connectivity index (χ2v) is 6.59. The molecule has 1 saturated heterocycles. The Kier molecular flexibility index (Phi) is 6.75. The molecule has 1 aromatic carbocycles. The van der Waals surface area contributed by atoms with Gasteiger partial charge < -0.3 is 20.3 Å². The molecule has 144 valence electrons. The number of aromatic nitrogens is 1. The first-order chi connectivity index (χ1) is 13.2. The van der Waals surface area contributed by atoms with Gasteiger partial charge in [0, 0.05) is 43.2 Å². The van der Waals surface area contributed by atoms with Crippen LogP contribution in [0.25, 0.3) is 0 Å².